The number of unbranched alkanes of at least 4 members (excludes halogenated alkanes) is 1. The van der Waals surface area contributed by atoms with Gasteiger partial charge in [-0.2, -0.15) is 0 Å². The van der Waals surface area contributed by atoms with E-state index in [-0.39, 0.29) is 0 Å². The Balaban J connectivity index is -0.0000000787. The molecule has 64 valence electrons. The van der Waals surface area contributed by atoms with Crippen molar-refractivity contribution in [1.82, 2.24) is 0 Å². The zero-order chi connectivity index (χ0) is 8.99. The Morgan fingerprint density at radius 3 is 1.40 bits per heavy atom. The van der Waals surface area contributed by atoms with Crippen molar-refractivity contribution >= 4 is 5.97 Å². The molecule has 0 saturated carbocycles. The number of aliphatic carboxylic acids is 1. The predicted octanol–water partition coefficient (Wildman–Crippen LogP) is 1.23. The smallest absolute Gasteiger partial charge is 0.300 e. The van der Waals surface area contributed by atoms with Crippen molar-refractivity contribution in [3.8, 4) is 0 Å². The lowest BCUT2D eigenvalue weighted by Crippen LogP contribution is -1.78. The predicted molar refractivity (Wildman–Crippen MR) is 39.9 cm³/mol. The van der Waals surface area contributed by atoms with Crippen molar-refractivity contribution in [1.29, 1.82) is 0 Å². The lowest BCUT2D eigenvalue weighted by molar-refractivity contribution is -0.134. The number of hydrogen-bond donors (Lipinski definition) is 3. The van der Waals surface area contributed by atoms with E-state index in [4.69, 9.17) is 15.1 Å². The van der Waals surface area contributed by atoms with Gasteiger partial charge in [0.1, 0.15) is 0 Å². The number of carboxylic acids is 1. The summed E-state index contributed by atoms with van der Waals surface area (Å²) >= 11 is 0. The van der Waals surface area contributed by atoms with E-state index in [1.807, 2.05) is 0 Å². The average molecular weight is 151 g/mol. The van der Waals surface area contributed by atoms with Gasteiger partial charge in [0.05, 0.1) is 0 Å². The molecule has 0 aromatic rings. The molecule has 0 spiro atoms. The second-order valence-electron chi connectivity index (χ2n) is 1.52. The molecule has 0 aromatic heterocycles. The van der Waals surface area contributed by atoms with Crippen LogP contribution < -0.4 is 5.90 Å². The summed E-state index contributed by atoms with van der Waals surface area (Å²) in [6.45, 7) is 5.44. The Morgan fingerprint density at radius 1 is 1.30 bits per heavy atom. The fourth-order valence-corrected chi connectivity index (χ4v) is 0. The first-order valence-electron chi connectivity index (χ1n) is 3.10. The maximum absolute atomic E-state index is 9.00. The minimum atomic E-state index is -0.833. The van der Waals surface area contributed by atoms with E-state index in [1.165, 1.54) is 12.8 Å². The van der Waals surface area contributed by atoms with Crippen molar-refractivity contribution in [2.45, 2.75) is 33.6 Å². The Bertz CT molecular complexity index is 51.0. The van der Waals surface area contributed by atoms with E-state index in [9.17, 15) is 0 Å². The molecule has 4 nitrogen and oxygen atoms in total. The molecule has 0 heterocycles. The van der Waals surface area contributed by atoms with Gasteiger partial charge in [-0.15, -0.1) is 0 Å². The van der Waals surface area contributed by atoms with Crippen LogP contribution in [0.2, 0.25) is 0 Å². The van der Waals surface area contributed by atoms with Crippen LogP contribution in [0, 0.1) is 0 Å². The molecule has 0 bridgehead atoms. The van der Waals surface area contributed by atoms with Crippen LogP contribution in [-0.4, -0.2) is 16.3 Å². The summed E-state index contributed by atoms with van der Waals surface area (Å²) in [5, 5.41) is 13.9. The second kappa shape index (κ2) is 23.8. The molecule has 0 aromatic carbocycles. The summed E-state index contributed by atoms with van der Waals surface area (Å²) in [7, 11) is 0. The molecule has 0 unspecified atom stereocenters. The number of nitrogens with two attached hydrogens (primary N) is 1. The highest BCUT2D eigenvalue weighted by molar-refractivity contribution is 5.62. The molecule has 0 aliphatic heterocycles. The Morgan fingerprint density at radius 2 is 1.40 bits per heavy atom. The average Bonchev–Trinajstić information content (AvgIpc) is 1.91. The van der Waals surface area contributed by atoms with Crippen molar-refractivity contribution in [2.75, 3.05) is 0 Å². The Labute approximate surface area is 61.6 Å². The summed E-state index contributed by atoms with van der Waals surface area (Å²) < 4.78 is 0. The first kappa shape index (κ1) is 16.2. The SMILES string of the molecule is CC(=O)O.CCCC.NO. The van der Waals surface area contributed by atoms with E-state index in [0.717, 1.165) is 6.92 Å². The third-order valence-electron chi connectivity index (χ3n) is 0.500. The minimum absolute atomic E-state index is 0.833. The van der Waals surface area contributed by atoms with Gasteiger partial charge < -0.3 is 10.3 Å². The van der Waals surface area contributed by atoms with Crippen molar-refractivity contribution in [3.63, 3.8) is 0 Å². The van der Waals surface area contributed by atoms with E-state index in [0.29, 0.717) is 0 Å². The van der Waals surface area contributed by atoms with Gasteiger partial charge in [0.15, 0.2) is 0 Å². The summed E-state index contributed by atoms with van der Waals surface area (Å²) in [4.78, 5) is 9.00. The summed E-state index contributed by atoms with van der Waals surface area (Å²) in [5.41, 5.74) is 0. The minimum Gasteiger partial charge on any atom is -0.481 e. The normalized spacial score (nSPS) is 6.10. The van der Waals surface area contributed by atoms with Crippen LogP contribution in [0.4, 0.5) is 0 Å². The third-order valence-corrected chi connectivity index (χ3v) is 0.500. The number of rotatable bonds is 1. The van der Waals surface area contributed by atoms with Crippen LogP contribution in [0.5, 0.6) is 0 Å². The molecule has 0 saturated heterocycles. The first-order chi connectivity index (χ1) is 4.65. The summed E-state index contributed by atoms with van der Waals surface area (Å²) in [6.07, 6.45) is 2.64. The molecule has 10 heavy (non-hydrogen) atoms. The Hall–Kier alpha value is -0.610. The summed E-state index contributed by atoms with van der Waals surface area (Å²) in [6, 6.07) is 0. The molecule has 0 amide bonds. The highest BCUT2D eigenvalue weighted by Crippen LogP contribution is 1.76. The Kier molecular flexibility index (Phi) is 38.5. The maximum atomic E-state index is 9.00. The van der Waals surface area contributed by atoms with E-state index in [1.54, 1.807) is 0 Å². The quantitative estimate of drug-likeness (QED) is 0.492. The van der Waals surface area contributed by atoms with Crippen molar-refractivity contribution in [3.05, 3.63) is 0 Å². The molecule has 0 aliphatic rings. The zero-order valence-corrected chi connectivity index (χ0v) is 6.79. The van der Waals surface area contributed by atoms with Crippen molar-refractivity contribution in [2.24, 2.45) is 5.90 Å². The monoisotopic (exact) mass is 151 g/mol. The van der Waals surface area contributed by atoms with Gasteiger partial charge in [-0.25, -0.2) is 5.90 Å². The zero-order valence-electron chi connectivity index (χ0n) is 6.79. The van der Waals surface area contributed by atoms with Gasteiger partial charge in [0, 0.05) is 6.92 Å². The fourth-order valence-electron chi connectivity index (χ4n) is 0. The van der Waals surface area contributed by atoms with Gasteiger partial charge >= 0.3 is 0 Å². The topological polar surface area (TPSA) is 83.5 Å². The number of carboxylic acid groups (broad SMARTS) is 1. The molecule has 0 aliphatic carbocycles. The summed E-state index contributed by atoms with van der Waals surface area (Å²) in [5.74, 6) is 2.67. The van der Waals surface area contributed by atoms with E-state index < -0.39 is 5.97 Å². The number of hydrogen-bond acceptors (Lipinski definition) is 3. The van der Waals surface area contributed by atoms with Gasteiger partial charge in [0.2, 0.25) is 0 Å². The molecule has 0 atom stereocenters. The van der Waals surface area contributed by atoms with Crippen LogP contribution in [0.15, 0.2) is 0 Å². The van der Waals surface area contributed by atoms with Gasteiger partial charge in [-0.05, 0) is 0 Å². The van der Waals surface area contributed by atoms with Crippen LogP contribution in [0.25, 0.3) is 0 Å². The van der Waals surface area contributed by atoms with Crippen molar-refractivity contribution < 1.29 is 15.1 Å². The molecular weight excluding hydrogens is 134 g/mol. The maximum Gasteiger partial charge on any atom is 0.300 e. The van der Waals surface area contributed by atoms with Crippen LogP contribution in [0.1, 0.15) is 33.6 Å². The van der Waals surface area contributed by atoms with Gasteiger partial charge in [-0.1, -0.05) is 26.7 Å². The number of carbonyl (C=O) groups is 1. The van der Waals surface area contributed by atoms with E-state index in [2.05, 4.69) is 19.7 Å². The van der Waals surface area contributed by atoms with E-state index >= 15 is 0 Å². The fraction of sp³-hybridized carbons (Fsp3) is 0.833. The second-order valence-corrected chi connectivity index (χ2v) is 1.52. The highest BCUT2D eigenvalue weighted by Gasteiger charge is 1.65. The first-order valence-corrected chi connectivity index (χ1v) is 3.10. The molecule has 0 fully saturated rings. The molecular formula is C6H17NO3. The largest absolute Gasteiger partial charge is 0.481 e. The van der Waals surface area contributed by atoms with Crippen LogP contribution >= 0.6 is 0 Å². The third kappa shape index (κ3) is 1980. The molecule has 0 rings (SSSR count). The van der Waals surface area contributed by atoms with Gasteiger partial charge in [-0.3, -0.25) is 4.79 Å². The molecule has 4 N–H and O–H groups in total. The van der Waals surface area contributed by atoms with Gasteiger partial charge in [0.25, 0.3) is 5.97 Å². The van der Waals surface area contributed by atoms with Crippen LogP contribution in [0.3, 0.4) is 0 Å². The molecule has 4 heteroatoms. The lowest BCUT2D eigenvalue weighted by Gasteiger charge is -1.68. The standard InChI is InChI=1S/C4H10.C2H4O2.H3NO/c1-3-4-2;1-2(3)4;1-2/h3-4H2,1-2H3;1H3,(H,3,4);2H,1H2. The van der Waals surface area contributed by atoms with Crippen LogP contribution in [-0.2, 0) is 4.79 Å². The lowest BCUT2D eigenvalue weighted by atomic mass is 10.4. The molecule has 0 radical (unpaired) electrons. The highest BCUT2D eigenvalue weighted by atomic mass is 16.4.